The molecule has 2 N–H and O–H groups in total. The van der Waals surface area contributed by atoms with Gasteiger partial charge in [0.1, 0.15) is 0 Å². The molecule has 0 fully saturated rings. The number of nitrogens with one attached hydrogen (secondary N) is 2. The van der Waals surface area contributed by atoms with Gasteiger partial charge in [0, 0.05) is 58.9 Å². The first-order valence-electron chi connectivity index (χ1n) is 14.9. The summed E-state index contributed by atoms with van der Waals surface area (Å²) in [4.78, 5) is 53.1. The molecule has 4 aromatic rings. The van der Waals surface area contributed by atoms with Crippen molar-refractivity contribution in [3.63, 3.8) is 0 Å². The van der Waals surface area contributed by atoms with Crippen LogP contribution in [0.2, 0.25) is 0 Å². The van der Waals surface area contributed by atoms with E-state index in [1.165, 1.54) is 35.2 Å². The number of anilines is 2. The van der Waals surface area contributed by atoms with E-state index in [9.17, 15) is 19.2 Å². The summed E-state index contributed by atoms with van der Waals surface area (Å²) in [6.07, 6.45) is -0.0920. The summed E-state index contributed by atoms with van der Waals surface area (Å²) in [6.45, 7) is 6.90. The molecular weight excluding hydrogens is 590 g/mol. The minimum atomic E-state index is -3.49. The summed E-state index contributed by atoms with van der Waals surface area (Å²) >= 11 is 0. The Labute approximate surface area is 265 Å². The molecule has 0 radical (unpaired) electrons. The predicted molar refractivity (Wildman–Crippen MR) is 174 cm³/mol. The highest BCUT2D eigenvalue weighted by atomic mass is 19.3. The fraction of sp³-hybridized carbons (Fsp3) is 0.222. The minimum Gasteiger partial charge on any atom is -0.347 e. The molecule has 1 aliphatic rings. The van der Waals surface area contributed by atoms with E-state index in [4.69, 9.17) is 0 Å². The number of aromatic nitrogens is 1. The molecule has 0 saturated carbocycles. The SMILES string of the molecule is Cc1ccc(C)n1-c1ccccc1C(=O)Nc1ccc(C(=O)N2CCC(F)(F)/C(=C\C(=O)C(=O)NC(C)C)c3ccccc32)cc1. The van der Waals surface area contributed by atoms with E-state index in [1.807, 2.05) is 42.7 Å². The Morgan fingerprint density at radius 2 is 1.43 bits per heavy atom. The molecule has 46 heavy (non-hydrogen) atoms. The Balaban J connectivity index is 1.39. The van der Waals surface area contributed by atoms with Crippen molar-refractivity contribution in [1.29, 1.82) is 0 Å². The van der Waals surface area contributed by atoms with Crippen LogP contribution in [-0.2, 0) is 9.59 Å². The van der Waals surface area contributed by atoms with Gasteiger partial charge in [-0.05, 0) is 82.3 Å². The van der Waals surface area contributed by atoms with Crippen LogP contribution in [0.25, 0.3) is 11.3 Å². The van der Waals surface area contributed by atoms with Crippen molar-refractivity contribution in [2.24, 2.45) is 0 Å². The maximum atomic E-state index is 15.5. The van der Waals surface area contributed by atoms with Crippen LogP contribution >= 0.6 is 0 Å². The lowest BCUT2D eigenvalue weighted by Gasteiger charge is -2.23. The highest BCUT2D eigenvalue weighted by molar-refractivity contribution is 6.42. The quantitative estimate of drug-likeness (QED) is 0.181. The number of hydrogen-bond donors (Lipinski definition) is 2. The second-order valence-corrected chi connectivity index (χ2v) is 11.5. The number of aryl methyl sites for hydroxylation is 2. The van der Waals surface area contributed by atoms with E-state index in [1.54, 1.807) is 44.2 Å². The van der Waals surface area contributed by atoms with Crippen LogP contribution in [-0.4, -0.2) is 46.6 Å². The van der Waals surface area contributed by atoms with Gasteiger partial charge in [-0.25, -0.2) is 8.78 Å². The van der Waals surface area contributed by atoms with Gasteiger partial charge >= 0.3 is 0 Å². The van der Waals surface area contributed by atoms with Crippen LogP contribution in [0.1, 0.15) is 57.9 Å². The molecule has 0 spiro atoms. The molecular formula is C36H34F2N4O4. The van der Waals surface area contributed by atoms with Crippen molar-refractivity contribution in [3.05, 3.63) is 119 Å². The van der Waals surface area contributed by atoms with Crippen LogP contribution < -0.4 is 15.5 Å². The van der Waals surface area contributed by atoms with Crippen LogP contribution in [0.3, 0.4) is 0 Å². The van der Waals surface area contributed by atoms with Crippen LogP contribution in [0.4, 0.5) is 20.2 Å². The lowest BCUT2D eigenvalue weighted by molar-refractivity contribution is -0.135. The molecule has 0 bridgehead atoms. The molecule has 3 aromatic carbocycles. The van der Waals surface area contributed by atoms with Crippen LogP contribution in [0, 0.1) is 13.8 Å². The average Bonchev–Trinajstić information content (AvgIpc) is 3.31. The maximum Gasteiger partial charge on any atom is 0.291 e. The Bertz CT molecular complexity index is 1840. The van der Waals surface area contributed by atoms with Crippen LogP contribution in [0.5, 0.6) is 0 Å². The molecule has 1 aromatic heterocycles. The van der Waals surface area contributed by atoms with Crippen molar-refractivity contribution in [1.82, 2.24) is 9.88 Å². The van der Waals surface area contributed by atoms with Crippen molar-refractivity contribution in [2.75, 3.05) is 16.8 Å². The van der Waals surface area contributed by atoms with Gasteiger partial charge in [0.05, 0.1) is 16.9 Å². The Hall–Kier alpha value is -5.38. The third-order valence-electron chi connectivity index (χ3n) is 7.74. The predicted octanol–water partition coefficient (Wildman–Crippen LogP) is 6.51. The zero-order valence-electron chi connectivity index (χ0n) is 25.9. The number of benzene rings is 3. The summed E-state index contributed by atoms with van der Waals surface area (Å²) in [5.74, 6) is -6.44. The number of halogens is 2. The summed E-state index contributed by atoms with van der Waals surface area (Å²) in [6, 6.07) is 23.1. The molecule has 2 heterocycles. The smallest absolute Gasteiger partial charge is 0.291 e. The molecule has 236 valence electrons. The number of alkyl halides is 2. The number of nitrogens with zero attached hydrogens (tertiary/aromatic N) is 2. The van der Waals surface area contributed by atoms with Gasteiger partial charge in [0.15, 0.2) is 0 Å². The van der Waals surface area contributed by atoms with E-state index < -0.39 is 35.5 Å². The topological polar surface area (TPSA) is 101 Å². The molecule has 5 rings (SSSR count). The summed E-state index contributed by atoms with van der Waals surface area (Å²) < 4.78 is 33.0. The van der Waals surface area contributed by atoms with Gasteiger partial charge in [-0.3, -0.25) is 19.2 Å². The summed E-state index contributed by atoms with van der Waals surface area (Å²) in [5.41, 5.74) is 3.40. The molecule has 0 atom stereocenters. The summed E-state index contributed by atoms with van der Waals surface area (Å²) in [5, 5.41) is 5.29. The third kappa shape index (κ3) is 6.51. The van der Waals surface area contributed by atoms with E-state index in [2.05, 4.69) is 10.6 Å². The van der Waals surface area contributed by atoms with E-state index >= 15 is 8.78 Å². The first-order valence-corrected chi connectivity index (χ1v) is 14.9. The van der Waals surface area contributed by atoms with Crippen molar-refractivity contribution >= 4 is 40.5 Å². The molecule has 0 unspecified atom stereocenters. The lowest BCUT2D eigenvalue weighted by Crippen LogP contribution is -2.35. The minimum absolute atomic E-state index is 0.0141. The summed E-state index contributed by atoms with van der Waals surface area (Å²) in [7, 11) is 0. The standard InChI is InChI=1S/C36H34F2N4O4/c1-22(2)39-34(45)32(43)21-29-27-9-5-7-11-30(27)41(20-19-36(29,37)38)35(46)25-15-17-26(18-16-25)40-33(44)28-10-6-8-12-31(28)42-23(3)13-14-24(42)4/h5-18,21-22H,19-20H2,1-4H3,(H,39,45)(H,40,44)/b29-21-. The third-order valence-corrected chi connectivity index (χ3v) is 7.74. The lowest BCUT2D eigenvalue weighted by atomic mass is 9.96. The highest BCUT2D eigenvalue weighted by Gasteiger charge is 2.41. The van der Waals surface area contributed by atoms with E-state index in [0.29, 0.717) is 17.3 Å². The van der Waals surface area contributed by atoms with Crippen molar-refractivity contribution in [3.8, 4) is 5.69 Å². The zero-order valence-corrected chi connectivity index (χ0v) is 25.9. The second kappa shape index (κ2) is 12.9. The molecule has 1 aliphatic heterocycles. The first-order chi connectivity index (χ1) is 21.9. The number of allylic oxidation sites excluding steroid dienone is 1. The highest BCUT2D eigenvalue weighted by Crippen LogP contribution is 2.43. The number of amides is 3. The Morgan fingerprint density at radius 1 is 0.826 bits per heavy atom. The molecule has 10 heteroatoms. The largest absolute Gasteiger partial charge is 0.347 e. The van der Waals surface area contributed by atoms with Crippen LogP contribution in [0.15, 0.2) is 91.0 Å². The molecule has 8 nitrogen and oxygen atoms in total. The fourth-order valence-corrected chi connectivity index (χ4v) is 5.52. The molecule has 3 amide bonds. The fourth-order valence-electron chi connectivity index (χ4n) is 5.52. The number of carbonyl (C=O) groups is 4. The van der Waals surface area contributed by atoms with Crippen molar-refractivity contribution in [2.45, 2.75) is 46.1 Å². The maximum absolute atomic E-state index is 15.5. The average molecular weight is 625 g/mol. The Kier molecular flexibility index (Phi) is 9.00. The van der Waals surface area contributed by atoms with Crippen molar-refractivity contribution < 1.29 is 28.0 Å². The van der Waals surface area contributed by atoms with Gasteiger partial charge in [0.25, 0.3) is 23.6 Å². The number of carbonyl (C=O) groups excluding carboxylic acids is 4. The van der Waals surface area contributed by atoms with E-state index in [-0.39, 0.29) is 35.3 Å². The Morgan fingerprint density at radius 3 is 2.09 bits per heavy atom. The van der Waals surface area contributed by atoms with Gasteiger partial charge < -0.3 is 20.1 Å². The van der Waals surface area contributed by atoms with Gasteiger partial charge in [-0.1, -0.05) is 30.3 Å². The normalized spacial score (nSPS) is 14.8. The number of rotatable bonds is 7. The second-order valence-electron chi connectivity index (χ2n) is 11.5. The number of fused-ring (bicyclic) bond motifs is 1. The monoisotopic (exact) mass is 624 g/mol. The van der Waals surface area contributed by atoms with Gasteiger partial charge in [-0.2, -0.15) is 0 Å². The van der Waals surface area contributed by atoms with E-state index in [0.717, 1.165) is 17.1 Å². The first kappa shape index (κ1) is 32.0. The number of hydrogen-bond acceptors (Lipinski definition) is 4. The zero-order chi connectivity index (χ0) is 33.2. The number of ketones is 1. The molecule has 0 saturated heterocycles. The van der Waals surface area contributed by atoms with Gasteiger partial charge in [-0.15, -0.1) is 0 Å². The number of para-hydroxylation sites is 2. The van der Waals surface area contributed by atoms with Gasteiger partial charge in [0.2, 0.25) is 5.78 Å². The molecule has 0 aliphatic carbocycles.